The lowest BCUT2D eigenvalue weighted by molar-refractivity contribution is -0.137. The maximum Gasteiger partial charge on any atom is 0.416 e. The second-order valence-corrected chi connectivity index (χ2v) is 4.96. The van der Waals surface area contributed by atoms with Gasteiger partial charge < -0.3 is 10.3 Å². The first-order chi connectivity index (χ1) is 10.9. The molecule has 4 nitrogen and oxygen atoms in total. The van der Waals surface area contributed by atoms with E-state index in [2.05, 4.69) is 15.3 Å². The smallest absolute Gasteiger partial charge is 0.378 e. The maximum atomic E-state index is 12.8. The molecule has 23 heavy (non-hydrogen) atoms. The van der Waals surface area contributed by atoms with Crippen molar-refractivity contribution in [1.82, 2.24) is 9.97 Å². The average molecular weight is 319 g/mol. The van der Waals surface area contributed by atoms with Gasteiger partial charge in [-0.3, -0.25) is 4.79 Å². The standard InChI is InChI=1S/C16H12F3N3O/c17-16(18,19)10-6-7-12-13(8-10)21-14(22-15(12)23)9-20-11-4-2-1-3-5-11/h1-8,20H,9H2,(H,21,22,23). The van der Waals surface area contributed by atoms with Crippen LogP contribution >= 0.6 is 0 Å². The van der Waals surface area contributed by atoms with Crippen LogP contribution in [0.25, 0.3) is 10.9 Å². The summed E-state index contributed by atoms with van der Waals surface area (Å²) in [4.78, 5) is 18.6. The molecule has 7 heteroatoms. The van der Waals surface area contributed by atoms with Crippen LogP contribution in [0.5, 0.6) is 0 Å². The van der Waals surface area contributed by atoms with Crippen LogP contribution in [0.3, 0.4) is 0 Å². The van der Waals surface area contributed by atoms with Gasteiger partial charge in [-0.05, 0) is 30.3 Å². The molecule has 0 aliphatic rings. The number of benzene rings is 2. The molecule has 0 bridgehead atoms. The summed E-state index contributed by atoms with van der Waals surface area (Å²) in [6.45, 7) is 0.200. The Labute approximate surface area is 129 Å². The van der Waals surface area contributed by atoms with Crippen LogP contribution in [-0.2, 0) is 12.7 Å². The first-order valence-electron chi connectivity index (χ1n) is 6.82. The van der Waals surface area contributed by atoms with E-state index in [1.807, 2.05) is 30.3 Å². The predicted octanol–water partition coefficient (Wildman–Crippen LogP) is 3.55. The SMILES string of the molecule is O=c1[nH]c(CNc2ccccc2)nc2cc(C(F)(F)F)ccc12. The van der Waals surface area contributed by atoms with Crippen molar-refractivity contribution in [2.24, 2.45) is 0 Å². The van der Waals surface area contributed by atoms with E-state index in [1.165, 1.54) is 0 Å². The molecule has 2 N–H and O–H groups in total. The van der Waals surface area contributed by atoms with Gasteiger partial charge in [-0.25, -0.2) is 4.98 Å². The molecule has 118 valence electrons. The zero-order chi connectivity index (χ0) is 16.4. The van der Waals surface area contributed by atoms with E-state index in [-0.39, 0.29) is 23.3 Å². The number of nitrogens with one attached hydrogen (secondary N) is 2. The minimum atomic E-state index is -4.47. The summed E-state index contributed by atoms with van der Waals surface area (Å²) in [5.41, 5.74) is -0.452. The molecule has 0 spiro atoms. The monoisotopic (exact) mass is 319 g/mol. The van der Waals surface area contributed by atoms with E-state index < -0.39 is 17.3 Å². The summed E-state index contributed by atoms with van der Waals surface area (Å²) in [6, 6.07) is 12.1. The molecular formula is C16H12F3N3O. The summed E-state index contributed by atoms with van der Waals surface area (Å²) in [5, 5.41) is 3.17. The summed E-state index contributed by atoms with van der Waals surface area (Å²) in [5.74, 6) is 0.269. The lowest BCUT2D eigenvalue weighted by atomic mass is 10.1. The molecule has 0 aliphatic carbocycles. The van der Waals surface area contributed by atoms with Gasteiger partial charge in [0.2, 0.25) is 0 Å². The highest BCUT2D eigenvalue weighted by Gasteiger charge is 2.30. The van der Waals surface area contributed by atoms with Gasteiger partial charge in [0.15, 0.2) is 0 Å². The van der Waals surface area contributed by atoms with Crippen LogP contribution in [-0.4, -0.2) is 9.97 Å². The van der Waals surface area contributed by atoms with Crippen molar-refractivity contribution in [3.05, 3.63) is 70.3 Å². The van der Waals surface area contributed by atoms with Gasteiger partial charge in [0.1, 0.15) is 5.82 Å². The Morgan fingerprint density at radius 3 is 2.52 bits per heavy atom. The van der Waals surface area contributed by atoms with Crippen molar-refractivity contribution in [3.8, 4) is 0 Å². The highest BCUT2D eigenvalue weighted by Crippen LogP contribution is 2.30. The number of hydrogen-bond acceptors (Lipinski definition) is 3. The Morgan fingerprint density at radius 1 is 1.09 bits per heavy atom. The fourth-order valence-corrected chi connectivity index (χ4v) is 2.19. The Hall–Kier alpha value is -2.83. The van der Waals surface area contributed by atoms with E-state index in [1.54, 1.807) is 0 Å². The third-order valence-corrected chi connectivity index (χ3v) is 3.32. The van der Waals surface area contributed by atoms with Crippen molar-refractivity contribution in [2.45, 2.75) is 12.7 Å². The first kappa shape index (κ1) is 15.1. The molecule has 3 aromatic rings. The van der Waals surface area contributed by atoms with Crippen molar-refractivity contribution in [3.63, 3.8) is 0 Å². The highest BCUT2D eigenvalue weighted by molar-refractivity contribution is 5.78. The number of halogens is 3. The number of rotatable bonds is 3. The van der Waals surface area contributed by atoms with E-state index in [9.17, 15) is 18.0 Å². The minimum absolute atomic E-state index is 0.0217. The minimum Gasteiger partial charge on any atom is -0.378 e. The molecule has 0 unspecified atom stereocenters. The fourth-order valence-electron chi connectivity index (χ4n) is 2.19. The largest absolute Gasteiger partial charge is 0.416 e. The second kappa shape index (κ2) is 5.75. The predicted molar refractivity (Wildman–Crippen MR) is 81.1 cm³/mol. The van der Waals surface area contributed by atoms with Crippen molar-refractivity contribution in [1.29, 1.82) is 0 Å². The number of para-hydroxylation sites is 1. The molecule has 0 radical (unpaired) electrons. The fraction of sp³-hybridized carbons (Fsp3) is 0.125. The van der Waals surface area contributed by atoms with Gasteiger partial charge in [0, 0.05) is 5.69 Å². The van der Waals surface area contributed by atoms with Crippen LogP contribution in [0.4, 0.5) is 18.9 Å². The quantitative estimate of drug-likeness (QED) is 0.776. The van der Waals surface area contributed by atoms with E-state index in [0.717, 1.165) is 23.9 Å². The summed E-state index contributed by atoms with van der Waals surface area (Å²) >= 11 is 0. The maximum absolute atomic E-state index is 12.8. The third-order valence-electron chi connectivity index (χ3n) is 3.32. The van der Waals surface area contributed by atoms with Crippen LogP contribution in [0, 0.1) is 0 Å². The number of fused-ring (bicyclic) bond motifs is 1. The highest BCUT2D eigenvalue weighted by atomic mass is 19.4. The van der Waals surface area contributed by atoms with Gasteiger partial charge in [-0.1, -0.05) is 18.2 Å². The summed E-state index contributed by atoms with van der Waals surface area (Å²) < 4.78 is 38.3. The van der Waals surface area contributed by atoms with Crippen LogP contribution in [0.1, 0.15) is 11.4 Å². The van der Waals surface area contributed by atoms with Gasteiger partial charge >= 0.3 is 6.18 Å². The molecule has 1 aromatic heterocycles. The number of hydrogen-bond donors (Lipinski definition) is 2. The molecule has 2 aromatic carbocycles. The average Bonchev–Trinajstić information content (AvgIpc) is 2.52. The van der Waals surface area contributed by atoms with Crippen molar-refractivity contribution >= 4 is 16.6 Å². The van der Waals surface area contributed by atoms with Gasteiger partial charge in [0.25, 0.3) is 5.56 Å². The van der Waals surface area contributed by atoms with Crippen LogP contribution in [0.15, 0.2) is 53.3 Å². The Bertz CT molecular complexity index is 888. The van der Waals surface area contributed by atoms with Gasteiger partial charge in [-0.15, -0.1) is 0 Å². The lowest BCUT2D eigenvalue weighted by Crippen LogP contribution is -2.15. The van der Waals surface area contributed by atoms with Crippen molar-refractivity contribution < 1.29 is 13.2 Å². The van der Waals surface area contributed by atoms with Crippen LogP contribution in [0.2, 0.25) is 0 Å². The normalized spacial score (nSPS) is 11.6. The molecular weight excluding hydrogens is 307 g/mol. The number of alkyl halides is 3. The third kappa shape index (κ3) is 3.33. The molecule has 0 saturated carbocycles. The Morgan fingerprint density at radius 2 is 1.83 bits per heavy atom. The van der Waals surface area contributed by atoms with Crippen LogP contribution < -0.4 is 10.9 Å². The summed E-state index contributed by atoms with van der Waals surface area (Å²) in [6.07, 6.45) is -4.47. The number of aromatic amines is 1. The lowest BCUT2D eigenvalue weighted by Gasteiger charge is -2.09. The Kier molecular flexibility index (Phi) is 3.77. The van der Waals surface area contributed by atoms with Crippen molar-refractivity contribution in [2.75, 3.05) is 5.32 Å². The molecule has 0 atom stereocenters. The van der Waals surface area contributed by atoms with E-state index in [4.69, 9.17) is 0 Å². The molecule has 0 aliphatic heterocycles. The second-order valence-electron chi connectivity index (χ2n) is 4.96. The molecule has 1 heterocycles. The van der Waals surface area contributed by atoms with Gasteiger partial charge in [-0.2, -0.15) is 13.2 Å². The zero-order valence-electron chi connectivity index (χ0n) is 11.8. The number of aromatic nitrogens is 2. The molecule has 3 rings (SSSR count). The topological polar surface area (TPSA) is 57.8 Å². The van der Waals surface area contributed by atoms with E-state index >= 15 is 0 Å². The molecule has 0 fully saturated rings. The first-order valence-corrected chi connectivity index (χ1v) is 6.82. The van der Waals surface area contributed by atoms with Gasteiger partial charge in [0.05, 0.1) is 23.0 Å². The number of nitrogens with zero attached hydrogens (tertiary/aromatic N) is 1. The number of H-pyrrole nitrogens is 1. The molecule has 0 saturated heterocycles. The Balaban J connectivity index is 1.94. The number of anilines is 1. The zero-order valence-corrected chi connectivity index (χ0v) is 11.8. The summed E-state index contributed by atoms with van der Waals surface area (Å²) in [7, 11) is 0. The van der Waals surface area contributed by atoms with E-state index in [0.29, 0.717) is 0 Å². The molecule has 0 amide bonds.